The number of nitrogens with one attached hydrogen (secondary N) is 1. The second kappa shape index (κ2) is 7.35. The number of carbonyl (C=O) groups is 4. The fourth-order valence-electron chi connectivity index (χ4n) is 2.83. The van der Waals surface area contributed by atoms with Crippen LogP contribution in [0.4, 0.5) is 0 Å². The van der Waals surface area contributed by atoms with Gasteiger partial charge in [0.2, 0.25) is 11.8 Å². The molecule has 2 rings (SSSR count). The number of carbonyl (C=O) groups excluding carboxylic acids is 3. The van der Waals surface area contributed by atoms with Crippen molar-refractivity contribution in [1.82, 2.24) is 10.2 Å². The van der Waals surface area contributed by atoms with E-state index >= 15 is 0 Å². The van der Waals surface area contributed by atoms with Gasteiger partial charge in [0, 0.05) is 13.0 Å². The fourth-order valence-corrected chi connectivity index (χ4v) is 2.83. The minimum Gasteiger partial charge on any atom is -0.481 e. The SMILES string of the molecule is O=C[C@H](CC(=O)O)N(C(=O)[C@@H]1CCC(=O)N1)C1CCCCO1. The maximum absolute atomic E-state index is 12.7. The summed E-state index contributed by atoms with van der Waals surface area (Å²) < 4.78 is 5.55. The molecule has 0 spiro atoms. The van der Waals surface area contributed by atoms with E-state index in [0.717, 1.165) is 12.8 Å². The number of aldehydes is 1. The Kier molecular flexibility index (Phi) is 5.48. The van der Waals surface area contributed by atoms with Gasteiger partial charge in [-0.3, -0.25) is 14.4 Å². The number of nitrogens with zero attached hydrogens (tertiary/aromatic N) is 1. The number of carboxylic acid groups (broad SMARTS) is 1. The van der Waals surface area contributed by atoms with Crippen molar-refractivity contribution in [3.63, 3.8) is 0 Å². The summed E-state index contributed by atoms with van der Waals surface area (Å²) in [6, 6.07) is -1.81. The van der Waals surface area contributed by atoms with Gasteiger partial charge in [-0.2, -0.15) is 0 Å². The van der Waals surface area contributed by atoms with Gasteiger partial charge in [-0.25, -0.2) is 0 Å². The second-order valence-electron chi connectivity index (χ2n) is 5.53. The zero-order valence-corrected chi connectivity index (χ0v) is 12.2. The first kappa shape index (κ1) is 16.4. The fraction of sp³-hybridized carbons (Fsp3) is 0.714. The molecule has 0 aliphatic carbocycles. The Morgan fingerprint density at radius 1 is 1.41 bits per heavy atom. The molecule has 2 heterocycles. The zero-order chi connectivity index (χ0) is 16.1. The lowest BCUT2D eigenvalue weighted by Crippen LogP contribution is -2.56. The average Bonchev–Trinajstić information content (AvgIpc) is 2.93. The van der Waals surface area contributed by atoms with Crippen molar-refractivity contribution in [3.05, 3.63) is 0 Å². The van der Waals surface area contributed by atoms with E-state index in [1.165, 1.54) is 4.90 Å². The molecule has 0 radical (unpaired) electrons. The van der Waals surface area contributed by atoms with E-state index in [1.807, 2.05) is 0 Å². The normalized spacial score (nSPS) is 26.1. The number of carboxylic acids is 1. The van der Waals surface area contributed by atoms with Crippen molar-refractivity contribution in [2.45, 2.75) is 56.8 Å². The lowest BCUT2D eigenvalue weighted by molar-refractivity contribution is -0.163. The molecule has 0 aromatic rings. The van der Waals surface area contributed by atoms with Crippen LogP contribution in [0.2, 0.25) is 0 Å². The second-order valence-corrected chi connectivity index (χ2v) is 5.53. The molecular formula is C14H20N2O6. The minimum atomic E-state index is -1.17. The largest absolute Gasteiger partial charge is 0.481 e. The molecule has 1 unspecified atom stereocenters. The number of hydrogen-bond acceptors (Lipinski definition) is 5. The lowest BCUT2D eigenvalue weighted by atomic mass is 10.1. The van der Waals surface area contributed by atoms with Gasteiger partial charge in [-0.15, -0.1) is 0 Å². The van der Waals surface area contributed by atoms with Crippen LogP contribution < -0.4 is 5.32 Å². The van der Waals surface area contributed by atoms with E-state index in [2.05, 4.69) is 5.32 Å². The van der Waals surface area contributed by atoms with Crippen LogP contribution in [0.25, 0.3) is 0 Å². The first-order valence-corrected chi connectivity index (χ1v) is 7.43. The molecule has 0 aromatic carbocycles. The highest BCUT2D eigenvalue weighted by atomic mass is 16.5. The van der Waals surface area contributed by atoms with Gasteiger partial charge in [-0.1, -0.05) is 0 Å². The number of amides is 2. The molecule has 22 heavy (non-hydrogen) atoms. The quantitative estimate of drug-likeness (QED) is 0.649. The van der Waals surface area contributed by atoms with Crippen molar-refractivity contribution < 1.29 is 29.0 Å². The molecular weight excluding hydrogens is 292 g/mol. The molecule has 0 saturated carbocycles. The van der Waals surface area contributed by atoms with Gasteiger partial charge >= 0.3 is 5.97 Å². The number of rotatable bonds is 6. The Bertz CT molecular complexity index is 460. The van der Waals surface area contributed by atoms with E-state index in [4.69, 9.17) is 9.84 Å². The minimum absolute atomic E-state index is 0.219. The predicted molar refractivity (Wildman–Crippen MR) is 73.7 cm³/mol. The van der Waals surface area contributed by atoms with Crippen molar-refractivity contribution >= 4 is 24.1 Å². The van der Waals surface area contributed by atoms with Gasteiger partial charge in [0.1, 0.15) is 24.6 Å². The third-order valence-corrected chi connectivity index (χ3v) is 3.91. The highest BCUT2D eigenvalue weighted by Gasteiger charge is 2.39. The summed E-state index contributed by atoms with van der Waals surface area (Å²) in [7, 11) is 0. The molecule has 2 fully saturated rings. The molecule has 2 amide bonds. The Morgan fingerprint density at radius 2 is 2.18 bits per heavy atom. The van der Waals surface area contributed by atoms with E-state index < -0.39 is 36.6 Å². The van der Waals surface area contributed by atoms with Crippen molar-refractivity contribution in [3.8, 4) is 0 Å². The van der Waals surface area contributed by atoms with Crippen LogP contribution >= 0.6 is 0 Å². The van der Waals surface area contributed by atoms with Crippen molar-refractivity contribution in [2.75, 3.05) is 6.61 Å². The van der Waals surface area contributed by atoms with E-state index in [1.54, 1.807) is 0 Å². The number of hydrogen-bond donors (Lipinski definition) is 2. The summed E-state index contributed by atoms with van der Waals surface area (Å²) in [5.41, 5.74) is 0. The highest BCUT2D eigenvalue weighted by Crippen LogP contribution is 2.22. The summed E-state index contributed by atoms with van der Waals surface area (Å²) in [5.74, 6) is -1.83. The first-order chi connectivity index (χ1) is 10.5. The Morgan fingerprint density at radius 3 is 2.68 bits per heavy atom. The van der Waals surface area contributed by atoms with Crippen LogP contribution in [0.3, 0.4) is 0 Å². The molecule has 2 aliphatic heterocycles. The monoisotopic (exact) mass is 312 g/mol. The van der Waals surface area contributed by atoms with Crippen LogP contribution in [0.1, 0.15) is 38.5 Å². The Labute approximate surface area is 127 Å². The summed E-state index contributed by atoms with van der Waals surface area (Å²) in [4.78, 5) is 47.4. The first-order valence-electron chi connectivity index (χ1n) is 7.43. The van der Waals surface area contributed by atoms with E-state index in [0.29, 0.717) is 25.7 Å². The molecule has 122 valence electrons. The molecule has 0 bridgehead atoms. The zero-order valence-electron chi connectivity index (χ0n) is 12.2. The smallest absolute Gasteiger partial charge is 0.305 e. The van der Waals surface area contributed by atoms with Crippen molar-refractivity contribution in [1.29, 1.82) is 0 Å². The Hall–Kier alpha value is -1.96. The van der Waals surface area contributed by atoms with Gasteiger partial charge in [0.05, 0.1) is 6.42 Å². The predicted octanol–water partition coefficient (Wildman–Crippen LogP) is -0.338. The van der Waals surface area contributed by atoms with Gasteiger partial charge in [0.15, 0.2) is 0 Å². The van der Waals surface area contributed by atoms with Gasteiger partial charge in [-0.05, 0) is 25.7 Å². The average molecular weight is 312 g/mol. The van der Waals surface area contributed by atoms with Crippen molar-refractivity contribution in [2.24, 2.45) is 0 Å². The van der Waals surface area contributed by atoms with Gasteiger partial charge in [0.25, 0.3) is 0 Å². The topological polar surface area (TPSA) is 113 Å². The summed E-state index contributed by atoms with van der Waals surface area (Å²) in [5, 5.41) is 11.5. The summed E-state index contributed by atoms with van der Waals surface area (Å²) in [6.45, 7) is 0.462. The molecule has 8 nitrogen and oxygen atoms in total. The van der Waals surface area contributed by atoms with E-state index in [-0.39, 0.29) is 12.3 Å². The molecule has 8 heteroatoms. The maximum atomic E-state index is 12.7. The molecule has 2 N–H and O–H groups in total. The van der Waals surface area contributed by atoms with Crippen LogP contribution in [0.5, 0.6) is 0 Å². The number of aliphatic carboxylic acids is 1. The van der Waals surface area contributed by atoms with E-state index in [9.17, 15) is 19.2 Å². The standard InChI is InChI=1S/C14H20N2O6/c17-8-9(7-13(19)20)16(12-3-1-2-6-22-12)14(21)10-4-5-11(18)15-10/h8-10,12H,1-7H2,(H,15,18)(H,19,20)/t9-,10-,12?/m0/s1. The number of ether oxygens (including phenoxy) is 1. The third-order valence-electron chi connectivity index (χ3n) is 3.91. The van der Waals surface area contributed by atoms with Crippen LogP contribution in [-0.4, -0.2) is 59.0 Å². The van der Waals surface area contributed by atoms with Crippen LogP contribution in [0, 0.1) is 0 Å². The summed E-state index contributed by atoms with van der Waals surface area (Å²) in [6.07, 6.45) is 2.22. The highest BCUT2D eigenvalue weighted by molar-refractivity contribution is 5.92. The summed E-state index contributed by atoms with van der Waals surface area (Å²) >= 11 is 0. The maximum Gasteiger partial charge on any atom is 0.305 e. The van der Waals surface area contributed by atoms with Crippen LogP contribution in [0.15, 0.2) is 0 Å². The molecule has 2 saturated heterocycles. The molecule has 0 aromatic heterocycles. The molecule has 2 aliphatic rings. The lowest BCUT2D eigenvalue weighted by Gasteiger charge is -2.38. The third kappa shape index (κ3) is 3.82. The molecule has 3 atom stereocenters. The Balaban J connectivity index is 2.18. The van der Waals surface area contributed by atoms with Gasteiger partial charge < -0.3 is 24.9 Å². The van der Waals surface area contributed by atoms with Crippen LogP contribution in [-0.2, 0) is 23.9 Å².